The molecule has 2 aromatic carbocycles. The van der Waals surface area contributed by atoms with Crippen LogP contribution in [-0.4, -0.2) is 35.5 Å². The van der Waals surface area contributed by atoms with Crippen molar-refractivity contribution < 1.29 is 21.8 Å². The Labute approximate surface area is 199 Å². The molecule has 0 bridgehead atoms. The Kier molecular flexibility index (Phi) is 6.45. The zero-order valence-corrected chi connectivity index (χ0v) is 19.6. The molecule has 0 aliphatic rings. The number of pyridine rings is 1. The van der Waals surface area contributed by atoms with Crippen molar-refractivity contribution in [2.45, 2.75) is 13.0 Å². The smallest absolute Gasteiger partial charge is 0.306 e. The molecule has 4 rings (SSSR count). The minimum atomic E-state index is -3.80. The van der Waals surface area contributed by atoms with E-state index in [0.29, 0.717) is 28.1 Å². The molecule has 4 aromatic rings. The average molecular weight is 501 g/mol. The molecule has 8 nitrogen and oxygen atoms in total. The van der Waals surface area contributed by atoms with Crippen LogP contribution in [0.4, 0.5) is 4.39 Å². The maximum atomic E-state index is 13.4. The minimum absolute atomic E-state index is 0.0884. The van der Waals surface area contributed by atoms with Gasteiger partial charge in [-0.1, -0.05) is 23.7 Å². The third kappa shape index (κ3) is 5.46. The van der Waals surface area contributed by atoms with Crippen molar-refractivity contribution >= 4 is 38.7 Å². The summed E-state index contributed by atoms with van der Waals surface area (Å²) in [5, 5.41) is 2.93. The Morgan fingerprint density at radius 3 is 2.44 bits per heavy atom. The molecule has 1 atom stereocenters. The number of halogens is 2. The number of nitrogens with zero attached hydrogens (tertiary/aromatic N) is 3. The Morgan fingerprint density at radius 1 is 1.09 bits per heavy atom. The highest BCUT2D eigenvalue weighted by Gasteiger charge is 2.21. The molecule has 0 saturated heterocycles. The molecule has 0 fully saturated rings. The molecule has 0 spiro atoms. The van der Waals surface area contributed by atoms with Gasteiger partial charge in [0.25, 0.3) is 5.91 Å². The fraction of sp³-hybridized carbons (Fsp3) is 0.130. The van der Waals surface area contributed by atoms with Gasteiger partial charge in [0.2, 0.25) is 0 Å². The van der Waals surface area contributed by atoms with E-state index in [4.69, 9.17) is 15.8 Å². The summed E-state index contributed by atoms with van der Waals surface area (Å²) in [6.45, 7) is 1.71. The van der Waals surface area contributed by atoms with Gasteiger partial charge >= 0.3 is 10.1 Å². The molecule has 0 radical (unpaired) electrons. The summed E-state index contributed by atoms with van der Waals surface area (Å²) in [5.74, 6) is -1.12. The van der Waals surface area contributed by atoms with Gasteiger partial charge in [-0.2, -0.15) is 8.42 Å². The molecular weight excluding hydrogens is 483 g/mol. The lowest BCUT2D eigenvalue weighted by Crippen LogP contribution is -2.28. The average Bonchev–Trinajstić information content (AvgIpc) is 2.77. The van der Waals surface area contributed by atoms with E-state index in [1.54, 1.807) is 19.1 Å². The number of carbonyl (C=O) groups is 1. The van der Waals surface area contributed by atoms with Crippen molar-refractivity contribution in [3.8, 4) is 17.1 Å². The molecule has 2 heterocycles. The molecular formula is C23H18ClFN4O4S. The summed E-state index contributed by atoms with van der Waals surface area (Å²) >= 11 is 6.04. The van der Waals surface area contributed by atoms with E-state index in [9.17, 15) is 17.6 Å². The van der Waals surface area contributed by atoms with Crippen molar-refractivity contribution in [2.75, 3.05) is 6.26 Å². The third-order valence-corrected chi connectivity index (χ3v) is 5.42. The van der Waals surface area contributed by atoms with Crippen LogP contribution in [-0.2, 0) is 10.1 Å². The van der Waals surface area contributed by atoms with E-state index in [1.165, 1.54) is 30.3 Å². The molecule has 0 aliphatic carbocycles. The van der Waals surface area contributed by atoms with Crippen LogP contribution in [0.3, 0.4) is 0 Å². The van der Waals surface area contributed by atoms with Gasteiger partial charge in [0.15, 0.2) is 0 Å². The first-order valence-electron chi connectivity index (χ1n) is 9.98. The number of hydrogen-bond acceptors (Lipinski definition) is 7. The molecule has 0 aliphatic heterocycles. The Morgan fingerprint density at radius 2 is 1.79 bits per heavy atom. The molecule has 174 valence electrons. The predicted octanol–water partition coefficient (Wildman–Crippen LogP) is 4.31. The van der Waals surface area contributed by atoms with E-state index in [0.717, 1.165) is 12.5 Å². The van der Waals surface area contributed by atoms with E-state index in [-0.39, 0.29) is 16.3 Å². The van der Waals surface area contributed by atoms with Gasteiger partial charge in [0.1, 0.15) is 17.3 Å². The van der Waals surface area contributed by atoms with Gasteiger partial charge in [0, 0.05) is 16.7 Å². The molecule has 0 saturated carbocycles. The number of benzene rings is 2. The molecule has 34 heavy (non-hydrogen) atoms. The first-order chi connectivity index (χ1) is 16.1. The zero-order valence-electron chi connectivity index (χ0n) is 18.0. The van der Waals surface area contributed by atoms with Crippen molar-refractivity contribution in [3.05, 3.63) is 82.9 Å². The van der Waals surface area contributed by atoms with Crippen molar-refractivity contribution in [3.63, 3.8) is 0 Å². The number of aromatic nitrogens is 3. The summed E-state index contributed by atoms with van der Waals surface area (Å²) in [5.41, 5.74) is 2.51. The molecule has 2 aromatic heterocycles. The van der Waals surface area contributed by atoms with Crippen LogP contribution in [0.1, 0.15) is 29.0 Å². The van der Waals surface area contributed by atoms with E-state index < -0.39 is 27.9 Å². The maximum absolute atomic E-state index is 13.4. The highest BCUT2D eigenvalue weighted by molar-refractivity contribution is 7.86. The Bertz CT molecular complexity index is 1500. The number of carbonyl (C=O) groups excluding carboxylic acids is 1. The summed E-state index contributed by atoms with van der Waals surface area (Å²) in [6, 6.07) is 13.2. The van der Waals surface area contributed by atoms with Crippen molar-refractivity contribution in [2.24, 2.45) is 0 Å². The second-order valence-electron chi connectivity index (χ2n) is 7.47. The number of para-hydroxylation sites is 2. The fourth-order valence-electron chi connectivity index (χ4n) is 3.29. The SMILES string of the molecule is C[C@H](NC(=O)c1cc(Cl)cc(OS(C)(=O)=O)c1)c1nc2ccccc2nc1-c1ccc(F)cn1. The summed E-state index contributed by atoms with van der Waals surface area (Å²) in [6.07, 6.45) is 1.97. The number of hydrogen-bond donors (Lipinski definition) is 1. The predicted molar refractivity (Wildman–Crippen MR) is 126 cm³/mol. The van der Waals surface area contributed by atoms with Gasteiger partial charge in [0.05, 0.1) is 40.9 Å². The topological polar surface area (TPSA) is 111 Å². The van der Waals surface area contributed by atoms with Crippen LogP contribution in [0.2, 0.25) is 5.02 Å². The molecule has 1 amide bonds. The lowest BCUT2D eigenvalue weighted by molar-refractivity contribution is 0.0939. The number of nitrogens with one attached hydrogen (secondary N) is 1. The van der Waals surface area contributed by atoms with Gasteiger partial charge < -0.3 is 9.50 Å². The van der Waals surface area contributed by atoms with E-state index in [1.807, 2.05) is 12.1 Å². The normalized spacial score (nSPS) is 12.4. The fourth-order valence-corrected chi connectivity index (χ4v) is 3.96. The number of fused-ring (bicyclic) bond motifs is 1. The lowest BCUT2D eigenvalue weighted by Gasteiger charge is -2.17. The van der Waals surface area contributed by atoms with Crippen LogP contribution in [0, 0.1) is 5.82 Å². The van der Waals surface area contributed by atoms with Crippen LogP contribution in [0.15, 0.2) is 60.8 Å². The largest absolute Gasteiger partial charge is 0.383 e. The van der Waals surface area contributed by atoms with Gasteiger partial charge in [-0.15, -0.1) is 0 Å². The summed E-state index contributed by atoms with van der Waals surface area (Å²) < 4.78 is 41.2. The lowest BCUT2D eigenvalue weighted by atomic mass is 10.1. The van der Waals surface area contributed by atoms with Crippen LogP contribution in [0.5, 0.6) is 5.75 Å². The van der Waals surface area contributed by atoms with Crippen molar-refractivity contribution in [1.82, 2.24) is 20.3 Å². The summed E-state index contributed by atoms with van der Waals surface area (Å²) in [4.78, 5) is 26.4. The monoisotopic (exact) mass is 500 g/mol. The second kappa shape index (κ2) is 9.32. The zero-order chi connectivity index (χ0) is 24.5. The van der Waals surface area contributed by atoms with Crippen LogP contribution >= 0.6 is 11.6 Å². The Balaban J connectivity index is 1.70. The second-order valence-corrected chi connectivity index (χ2v) is 9.48. The van der Waals surface area contributed by atoms with E-state index >= 15 is 0 Å². The van der Waals surface area contributed by atoms with Crippen LogP contribution in [0.25, 0.3) is 22.4 Å². The van der Waals surface area contributed by atoms with E-state index in [2.05, 4.69) is 20.3 Å². The first kappa shape index (κ1) is 23.5. The maximum Gasteiger partial charge on any atom is 0.306 e. The molecule has 1 N–H and O–H groups in total. The van der Waals surface area contributed by atoms with Gasteiger partial charge in [-0.05, 0) is 43.3 Å². The number of rotatable bonds is 6. The van der Waals surface area contributed by atoms with Crippen molar-refractivity contribution in [1.29, 1.82) is 0 Å². The number of amides is 1. The minimum Gasteiger partial charge on any atom is -0.383 e. The highest BCUT2D eigenvalue weighted by atomic mass is 35.5. The standard InChI is InChI=1S/C23H18ClFN4O4S/c1-13(27-23(30)14-9-15(24)11-17(10-14)33-34(2,31)32)21-22(20-8-7-16(25)12-26-20)29-19-6-4-3-5-18(19)28-21/h3-13H,1-2H3,(H,27,30)/t13-/m0/s1. The van der Waals surface area contributed by atoms with Gasteiger partial charge in [-0.25, -0.2) is 14.4 Å². The first-order valence-corrected chi connectivity index (χ1v) is 12.2. The summed E-state index contributed by atoms with van der Waals surface area (Å²) in [7, 11) is -3.80. The van der Waals surface area contributed by atoms with Gasteiger partial charge in [-0.3, -0.25) is 9.78 Å². The Hall–Kier alpha value is -3.63. The molecule has 0 unspecified atom stereocenters. The van der Waals surface area contributed by atoms with Crippen LogP contribution < -0.4 is 9.50 Å². The third-order valence-electron chi connectivity index (χ3n) is 4.71. The quantitative estimate of drug-likeness (QED) is 0.392. The highest BCUT2D eigenvalue weighted by Crippen LogP contribution is 2.27. The molecule has 11 heteroatoms.